The van der Waals surface area contributed by atoms with Crippen LogP contribution in [0.4, 0.5) is 5.00 Å². The van der Waals surface area contributed by atoms with Gasteiger partial charge in [0.25, 0.3) is 5.91 Å². The van der Waals surface area contributed by atoms with Crippen LogP contribution in [-0.4, -0.2) is 20.8 Å². The largest absolute Gasteiger partial charge is 0.323 e. The van der Waals surface area contributed by atoms with E-state index in [4.69, 9.17) is 12.2 Å². The average molecular weight is 486 g/mol. The number of hydrogen-bond acceptors (Lipinski definition) is 5. The third-order valence-electron chi connectivity index (χ3n) is 4.65. The monoisotopic (exact) mass is 485 g/mol. The Bertz CT molecular complexity index is 1130. The molecule has 0 fully saturated rings. The van der Waals surface area contributed by atoms with Crippen LogP contribution in [0, 0.1) is 11.3 Å². The molecule has 0 atom stereocenters. The average Bonchev–Trinajstić information content (AvgIpc) is 3.38. The second-order valence-electron chi connectivity index (χ2n) is 6.63. The number of thiocarbonyl (C=S) groups is 1. The van der Waals surface area contributed by atoms with Gasteiger partial charge < -0.3 is 5.32 Å². The minimum atomic E-state index is -0.293. The first-order chi connectivity index (χ1) is 14.0. The molecule has 2 aromatic heterocycles. The Balaban J connectivity index is 1.38. The number of aryl methyl sites for hydroxylation is 1. The summed E-state index contributed by atoms with van der Waals surface area (Å²) in [5, 5.41) is 20.3. The fraction of sp³-hybridized carbons (Fsp3) is 0.200. The Morgan fingerprint density at radius 2 is 2.14 bits per heavy atom. The van der Waals surface area contributed by atoms with Gasteiger partial charge in [0, 0.05) is 16.6 Å². The van der Waals surface area contributed by atoms with Crippen LogP contribution < -0.4 is 10.6 Å². The Labute approximate surface area is 185 Å². The van der Waals surface area contributed by atoms with Crippen molar-refractivity contribution in [3.05, 3.63) is 68.3 Å². The maximum absolute atomic E-state index is 12.5. The Kier molecular flexibility index (Phi) is 5.76. The Morgan fingerprint density at radius 3 is 2.83 bits per heavy atom. The van der Waals surface area contributed by atoms with Crippen LogP contribution in [0.15, 0.2) is 41.1 Å². The van der Waals surface area contributed by atoms with Gasteiger partial charge in [-0.2, -0.15) is 10.4 Å². The lowest BCUT2D eigenvalue weighted by molar-refractivity contribution is 0.0977. The molecular formula is C20H16BrN5OS2. The van der Waals surface area contributed by atoms with Crippen LogP contribution in [0.2, 0.25) is 0 Å². The fourth-order valence-electron chi connectivity index (χ4n) is 3.29. The molecule has 29 heavy (non-hydrogen) atoms. The SMILES string of the molecule is N#Cc1c(NC(=S)NC(=O)c2ccc(Cn3cc(Br)cn3)cc2)sc2c1CCC2. The summed E-state index contributed by atoms with van der Waals surface area (Å²) in [5.41, 5.74) is 3.31. The zero-order valence-electron chi connectivity index (χ0n) is 15.2. The van der Waals surface area contributed by atoms with E-state index in [0.29, 0.717) is 22.7 Å². The normalized spacial score (nSPS) is 12.3. The summed E-state index contributed by atoms with van der Waals surface area (Å²) in [6, 6.07) is 9.55. The minimum Gasteiger partial charge on any atom is -0.323 e. The number of benzene rings is 1. The molecule has 0 unspecified atom stereocenters. The number of thiophene rings is 1. The van der Waals surface area contributed by atoms with Gasteiger partial charge >= 0.3 is 0 Å². The first kappa shape index (κ1) is 19.8. The van der Waals surface area contributed by atoms with Crippen molar-refractivity contribution in [3.8, 4) is 6.07 Å². The number of anilines is 1. The van der Waals surface area contributed by atoms with Gasteiger partial charge in [-0.05, 0) is 70.7 Å². The fourth-order valence-corrected chi connectivity index (χ4v) is 5.13. The minimum absolute atomic E-state index is 0.192. The number of aromatic nitrogens is 2. The van der Waals surface area contributed by atoms with Crippen LogP contribution in [0.5, 0.6) is 0 Å². The third-order valence-corrected chi connectivity index (χ3v) is 6.47. The summed E-state index contributed by atoms with van der Waals surface area (Å²) in [5.74, 6) is -0.293. The van der Waals surface area contributed by atoms with Gasteiger partial charge in [-0.25, -0.2) is 0 Å². The van der Waals surface area contributed by atoms with Crippen molar-refractivity contribution in [2.45, 2.75) is 25.8 Å². The standard InChI is InChI=1S/C20H16BrN5OS2/c21-14-9-23-26(11-14)10-12-4-6-13(7-5-12)18(27)24-20(28)25-19-16(8-22)15-2-1-3-17(15)29-19/h4-7,9,11H,1-3,10H2,(H2,24,25,27,28). The van der Waals surface area contributed by atoms with E-state index in [2.05, 4.69) is 37.7 Å². The van der Waals surface area contributed by atoms with E-state index in [-0.39, 0.29) is 11.0 Å². The van der Waals surface area contributed by atoms with E-state index in [0.717, 1.165) is 34.9 Å². The molecule has 1 aliphatic carbocycles. The van der Waals surface area contributed by atoms with Crippen molar-refractivity contribution in [2.24, 2.45) is 0 Å². The molecule has 3 aromatic rings. The van der Waals surface area contributed by atoms with Gasteiger partial charge in [-0.15, -0.1) is 11.3 Å². The molecule has 1 amide bonds. The molecule has 1 aliphatic rings. The Hall–Kier alpha value is -2.54. The summed E-state index contributed by atoms with van der Waals surface area (Å²) in [6.07, 6.45) is 6.63. The molecular weight excluding hydrogens is 470 g/mol. The highest BCUT2D eigenvalue weighted by Crippen LogP contribution is 2.38. The molecule has 0 bridgehead atoms. The number of halogens is 1. The van der Waals surface area contributed by atoms with Crippen molar-refractivity contribution in [1.82, 2.24) is 15.1 Å². The molecule has 1 aromatic carbocycles. The van der Waals surface area contributed by atoms with Gasteiger partial charge in [0.1, 0.15) is 11.1 Å². The first-order valence-electron chi connectivity index (χ1n) is 8.97. The first-order valence-corrected chi connectivity index (χ1v) is 11.0. The summed E-state index contributed by atoms with van der Waals surface area (Å²) >= 11 is 10.2. The summed E-state index contributed by atoms with van der Waals surface area (Å²) in [4.78, 5) is 13.7. The molecule has 0 saturated heterocycles. The van der Waals surface area contributed by atoms with Crippen molar-refractivity contribution in [3.63, 3.8) is 0 Å². The number of carbonyl (C=O) groups excluding carboxylic acids is 1. The maximum atomic E-state index is 12.5. The number of nitriles is 1. The van der Waals surface area contributed by atoms with E-state index >= 15 is 0 Å². The van der Waals surface area contributed by atoms with Crippen LogP contribution >= 0.6 is 39.5 Å². The third kappa shape index (κ3) is 4.40. The molecule has 4 rings (SSSR count). The van der Waals surface area contributed by atoms with Crippen LogP contribution in [-0.2, 0) is 19.4 Å². The number of carbonyl (C=O) groups is 1. The summed E-state index contributed by atoms with van der Waals surface area (Å²) in [6.45, 7) is 0.618. The predicted octanol–water partition coefficient (Wildman–Crippen LogP) is 4.24. The number of fused-ring (bicyclic) bond motifs is 1. The highest BCUT2D eigenvalue weighted by Gasteiger charge is 2.22. The lowest BCUT2D eigenvalue weighted by atomic mass is 10.1. The highest BCUT2D eigenvalue weighted by atomic mass is 79.9. The number of rotatable bonds is 4. The molecule has 9 heteroatoms. The van der Waals surface area contributed by atoms with Gasteiger partial charge in [-0.3, -0.25) is 14.8 Å². The lowest BCUT2D eigenvalue weighted by Crippen LogP contribution is -2.34. The molecule has 2 N–H and O–H groups in total. The zero-order chi connectivity index (χ0) is 20.4. The van der Waals surface area contributed by atoms with Crippen LogP contribution in [0.3, 0.4) is 0 Å². The smallest absolute Gasteiger partial charge is 0.257 e. The van der Waals surface area contributed by atoms with E-state index in [1.807, 2.05) is 23.0 Å². The van der Waals surface area contributed by atoms with Gasteiger partial charge in [-0.1, -0.05) is 12.1 Å². The maximum Gasteiger partial charge on any atom is 0.257 e. The molecule has 6 nitrogen and oxygen atoms in total. The second kappa shape index (κ2) is 8.45. The number of nitrogens with zero attached hydrogens (tertiary/aromatic N) is 3. The van der Waals surface area contributed by atoms with Gasteiger partial charge in [0.15, 0.2) is 5.11 Å². The summed E-state index contributed by atoms with van der Waals surface area (Å²) in [7, 11) is 0. The van der Waals surface area contributed by atoms with Crippen molar-refractivity contribution >= 4 is 55.5 Å². The van der Waals surface area contributed by atoms with Crippen molar-refractivity contribution < 1.29 is 4.79 Å². The topological polar surface area (TPSA) is 82.7 Å². The molecule has 146 valence electrons. The molecule has 2 heterocycles. The molecule has 0 spiro atoms. The quantitative estimate of drug-likeness (QED) is 0.539. The molecule has 0 radical (unpaired) electrons. The Morgan fingerprint density at radius 1 is 1.34 bits per heavy atom. The van der Waals surface area contributed by atoms with E-state index < -0.39 is 0 Å². The van der Waals surface area contributed by atoms with Crippen LogP contribution in [0.1, 0.15) is 38.3 Å². The second-order valence-corrected chi connectivity index (χ2v) is 9.06. The van der Waals surface area contributed by atoms with E-state index in [1.54, 1.807) is 29.7 Å². The van der Waals surface area contributed by atoms with Crippen molar-refractivity contribution in [1.29, 1.82) is 5.26 Å². The summed E-state index contributed by atoms with van der Waals surface area (Å²) < 4.78 is 2.73. The number of amides is 1. The van der Waals surface area contributed by atoms with Crippen LogP contribution in [0.25, 0.3) is 0 Å². The predicted molar refractivity (Wildman–Crippen MR) is 120 cm³/mol. The van der Waals surface area contributed by atoms with Gasteiger partial charge in [0.2, 0.25) is 0 Å². The van der Waals surface area contributed by atoms with Gasteiger partial charge in [0.05, 0.1) is 22.8 Å². The molecule has 0 saturated carbocycles. The van der Waals surface area contributed by atoms with E-state index in [9.17, 15) is 10.1 Å². The number of nitrogens with one attached hydrogen (secondary N) is 2. The van der Waals surface area contributed by atoms with Crippen molar-refractivity contribution in [2.75, 3.05) is 5.32 Å². The lowest BCUT2D eigenvalue weighted by Gasteiger charge is -2.09. The number of hydrogen-bond donors (Lipinski definition) is 2. The highest BCUT2D eigenvalue weighted by molar-refractivity contribution is 9.10. The zero-order valence-corrected chi connectivity index (χ0v) is 18.5. The molecule has 0 aliphatic heterocycles. The van der Waals surface area contributed by atoms with E-state index in [1.165, 1.54) is 4.88 Å².